The van der Waals surface area contributed by atoms with Crippen molar-refractivity contribution in [2.75, 3.05) is 13.7 Å². The molecule has 0 radical (unpaired) electrons. The Morgan fingerprint density at radius 3 is 2.81 bits per heavy atom. The Balaban J connectivity index is 2.41. The third kappa shape index (κ3) is 3.25. The summed E-state index contributed by atoms with van der Waals surface area (Å²) in [5.41, 5.74) is 1.58. The van der Waals surface area contributed by atoms with Gasteiger partial charge < -0.3 is 14.3 Å². The van der Waals surface area contributed by atoms with Gasteiger partial charge in [-0.1, -0.05) is 29.4 Å². The van der Waals surface area contributed by atoms with E-state index in [0.29, 0.717) is 40.0 Å². The third-order valence-electron chi connectivity index (χ3n) is 2.78. The van der Waals surface area contributed by atoms with Gasteiger partial charge in [-0.3, -0.25) is 0 Å². The molecule has 0 unspecified atom stereocenters. The molecule has 0 aromatic heterocycles. The van der Waals surface area contributed by atoms with Crippen LogP contribution in [-0.4, -0.2) is 25.4 Å². The number of carbonyl (C=O) groups is 1. The maximum atomic E-state index is 11.5. The summed E-state index contributed by atoms with van der Waals surface area (Å²) in [5, 5.41) is 4.00. The van der Waals surface area contributed by atoms with Crippen LogP contribution >= 0.6 is 11.6 Å². The zero-order valence-electron chi connectivity index (χ0n) is 11.7. The van der Waals surface area contributed by atoms with Crippen LogP contribution in [0.25, 0.3) is 6.08 Å². The van der Waals surface area contributed by atoms with Crippen molar-refractivity contribution in [1.29, 1.82) is 0 Å². The van der Waals surface area contributed by atoms with E-state index in [1.165, 1.54) is 7.11 Å². The molecule has 0 atom stereocenters. The number of hydrogen-bond donors (Lipinski definition) is 0. The number of oxime groups is 1. The Hall–Kier alpha value is -2.27. The average Bonchev–Trinajstić information content (AvgIpc) is 2.77. The molecule has 21 heavy (non-hydrogen) atoms. The highest BCUT2D eigenvalue weighted by atomic mass is 35.5. The highest BCUT2D eigenvalue weighted by Crippen LogP contribution is 2.37. The maximum Gasteiger partial charge on any atom is 0.367 e. The zero-order valence-corrected chi connectivity index (χ0v) is 12.4. The minimum atomic E-state index is -0.491. The SMILES string of the molecule is C=CCOc1c(Cl)cc(/C=C2/C(=O)ON=C2C)cc1OC. The highest BCUT2D eigenvalue weighted by molar-refractivity contribution is 6.32. The Morgan fingerprint density at radius 2 is 2.24 bits per heavy atom. The molecule has 6 heteroatoms. The summed E-state index contributed by atoms with van der Waals surface area (Å²) < 4.78 is 10.7. The first-order valence-corrected chi connectivity index (χ1v) is 6.54. The van der Waals surface area contributed by atoms with E-state index in [1.54, 1.807) is 31.2 Å². The van der Waals surface area contributed by atoms with Gasteiger partial charge in [0.05, 0.1) is 23.4 Å². The molecule has 0 N–H and O–H groups in total. The molecular formula is C15H14ClNO4. The first kappa shape index (κ1) is 15.1. The van der Waals surface area contributed by atoms with Crippen LogP contribution in [0.3, 0.4) is 0 Å². The van der Waals surface area contributed by atoms with Gasteiger partial charge in [-0.2, -0.15) is 0 Å². The van der Waals surface area contributed by atoms with Crippen molar-refractivity contribution >= 4 is 29.4 Å². The number of ether oxygens (including phenoxy) is 2. The van der Waals surface area contributed by atoms with E-state index in [-0.39, 0.29) is 0 Å². The number of carbonyl (C=O) groups excluding carboxylic acids is 1. The normalized spacial score (nSPS) is 15.7. The summed E-state index contributed by atoms with van der Waals surface area (Å²) in [6, 6.07) is 3.39. The van der Waals surface area contributed by atoms with Crippen LogP contribution < -0.4 is 9.47 Å². The van der Waals surface area contributed by atoms with Gasteiger partial charge >= 0.3 is 5.97 Å². The molecule has 0 saturated heterocycles. The molecule has 0 spiro atoms. The van der Waals surface area contributed by atoms with Crippen LogP contribution in [0.15, 0.2) is 35.5 Å². The zero-order chi connectivity index (χ0) is 15.4. The number of halogens is 1. The van der Waals surface area contributed by atoms with Crippen molar-refractivity contribution in [3.8, 4) is 11.5 Å². The predicted octanol–water partition coefficient (Wildman–Crippen LogP) is 3.23. The summed E-state index contributed by atoms with van der Waals surface area (Å²) in [6.45, 7) is 5.59. The second kappa shape index (κ2) is 6.45. The van der Waals surface area contributed by atoms with Crippen molar-refractivity contribution in [2.45, 2.75) is 6.92 Å². The topological polar surface area (TPSA) is 57.1 Å². The standard InChI is InChI=1S/C15H14ClNO4/c1-4-5-20-14-12(16)7-10(8-13(14)19-3)6-11-9(2)17-21-15(11)18/h4,6-8H,1,5H2,2-3H3/b11-6+. The minimum absolute atomic E-state index is 0.314. The lowest BCUT2D eigenvalue weighted by Gasteiger charge is -2.12. The molecule has 0 aliphatic carbocycles. The summed E-state index contributed by atoms with van der Waals surface area (Å²) in [7, 11) is 1.51. The Labute approximate surface area is 127 Å². The van der Waals surface area contributed by atoms with Crippen LogP contribution in [0.5, 0.6) is 11.5 Å². The first-order chi connectivity index (χ1) is 10.1. The van der Waals surface area contributed by atoms with Crippen molar-refractivity contribution in [2.24, 2.45) is 5.16 Å². The molecule has 2 rings (SSSR count). The fourth-order valence-electron chi connectivity index (χ4n) is 1.79. The first-order valence-electron chi connectivity index (χ1n) is 6.16. The van der Waals surface area contributed by atoms with Crippen molar-refractivity contribution < 1.29 is 19.1 Å². The van der Waals surface area contributed by atoms with Gasteiger partial charge in [0.25, 0.3) is 0 Å². The van der Waals surface area contributed by atoms with E-state index in [1.807, 2.05) is 0 Å². The summed E-state index contributed by atoms with van der Waals surface area (Å²) in [5.74, 6) is 0.410. The molecule has 0 bridgehead atoms. The van der Waals surface area contributed by atoms with Crippen LogP contribution in [0.1, 0.15) is 12.5 Å². The van der Waals surface area contributed by atoms with Crippen molar-refractivity contribution in [3.63, 3.8) is 0 Å². The molecule has 1 aliphatic rings. The van der Waals surface area contributed by atoms with Crippen LogP contribution in [-0.2, 0) is 9.63 Å². The van der Waals surface area contributed by atoms with Gasteiger partial charge in [0.2, 0.25) is 0 Å². The maximum absolute atomic E-state index is 11.5. The molecule has 0 amide bonds. The predicted molar refractivity (Wildman–Crippen MR) is 80.9 cm³/mol. The van der Waals surface area contributed by atoms with Gasteiger partial charge in [-0.05, 0) is 30.7 Å². The quantitative estimate of drug-likeness (QED) is 0.476. The van der Waals surface area contributed by atoms with Gasteiger partial charge in [0.15, 0.2) is 11.5 Å². The van der Waals surface area contributed by atoms with Crippen molar-refractivity contribution in [1.82, 2.24) is 0 Å². The van der Waals surface area contributed by atoms with Gasteiger partial charge in [-0.15, -0.1) is 0 Å². The molecule has 110 valence electrons. The number of nitrogens with zero attached hydrogens (tertiary/aromatic N) is 1. The minimum Gasteiger partial charge on any atom is -0.493 e. The monoisotopic (exact) mass is 307 g/mol. The second-order valence-electron chi connectivity index (χ2n) is 4.25. The lowest BCUT2D eigenvalue weighted by Crippen LogP contribution is -2.02. The molecule has 1 aromatic rings. The molecule has 1 aromatic carbocycles. The fraction of sp³-hybridized carbons (Fsp3) is 0.200. The van der Waals surface area contributed by atoms with E-state index in [0.717, 1.165) is 0 Å². The Bertz CT molecular complexity index is 649. The number of benzene rings is 1. The van der Waals surface area contributed by atoms with E-state index >= 15 is 0 Å². The van der Waals surface area contributed by atoms with E-state index in [9.17, 15) is 4.79 Å². The van der Waals surface area contributed by atoms with Crippen LogP contribution in [0.4, 0.5) is 0 Å². The van der Waals surface area contributed by atoms with Gasteiger partial charge in [0.1, 0.15) is 6.61 Å². The van der Waals surface area contributed by atoms with Crippen LogP contribution in [0, 0.1) is 0 Å². The summed E-state index contributed by atoms with van der Waals surface area (Å²) in [6.07, 6.45) is 3.25. The molecule has 1 aliphatic heterocycles. The number of methoxy groups -OCH3 is 1. The van der Waals surface area contributed by atoms with Gasteiger partial charge in [0, 0.05) is 0 Å². The highest BCUT2D eigenvalue weighted by Gasteiger charge is 2.22. The van der Waals surface area contributed by atoms with E-state index in [4.69, 9.17) is 21.1 Å². The Kier molecular flexibility index (Phi) is 4.65. The number of rotatable bonds is 5. The summed E-state index contributed by atoms with van der Waals surface area (Å²) in [4.78, 5) is 16.1. The smallest absolute Gasteiger partial charge is 0.367 e. The molecule has 0 fully saturated rings. The molecule has 0 saturated carbocycles. The summed E-state index contributed by atoms with van der Waals surface area (Å²) >= 11 is 6.19. The largest absolute Gasteiger partial charge is 0.493 e. The molecule has 1 heterocycles. The third-order valence-corrected chi connectivity index (χ3v) is 3.06. The van der Waals surface area contributed by atoms with Crippen LogP contribution in [0.2, 0.25) is 5.02 Å². The van der Waals surface area contributed by atoms with E-state index < -0.39 is 5.97 Å². The fourth-order valence-corrected chi connectivity index (χ4v) is 2.07. The molecule has 5 nitrogen and oxygen atoms in total. The van der Waals surface area contributed by atoms with Crippen molar-refractivity contribution in [3.05, 3.63) is 40.9 Å². The number of hydrogen-bond acceptors (Lipinski definition) is 5. The average molecular weight is 308 g/mol. The second-order valence-corrected chi connectivity index (χ2v) is 4.65. The molecular weight excluding hydrogens is 294 g/mol. The van der Waals surface area contributed by atoms with E-state index in [2.05, 4.69) is 16.6 Å². The lowest BCUT2D eigenvalue weighted by molar-refractivity contribution is -0.136. The van der Waals surface area contributed by atoms with Gasteiger partial charge in [-0.25, -0.2) is 4.79 Å². The lowest BCUT2D eigenvalue weighted by atomic mass is 10.1. The Morgan fingerprint density at radius 1 is 1.48 bits per heavy atom.